The van der Waals surface area contributed by atoms with E-state index in [1.165, 1.54) is 19.2 Å². The lowest BCUT2D eigenvalue weighted by atomic mass is 10.1. The first-order chi connectivity index (χ1) is 9.34. The molecule has 0 aliphatic rings. The van der Waals surface area contributed by atoms with Crippen LogP contribution in [0.15, 0.2) is 24.3 Å². The summed E-state index contributed by atoms with van der Waals surface area (Å²) in [6.45, 7) is 0.429. The van der Waals surface area contributed by atoms with Crippen LogP contribution in [0, 0.1) is 0 Å². The third kappa shape index (κ3) is 5.08. The third-order valence-corrected chi connectivity index (χ3v) is 2.69. The number of rotatable bonds is 7. The van der Waals surface area contributed by atoms with Crippen LogP contribution in [0.3, 0.4) is 0 Å². The van der Waals surface area contributed by atoms with Gasteiger partial charge in [0.05, 0.1) is 5.56 Å². The third-order valence-electron chi connectivity index (χ3n) is 2.69. The van der Waals surface area contributed by atoms with E-state index in [0.717, 1.165) is 12.1 Å². The Balaban J connectivity index is 2.67. The second-order valence-corrected chi connectivity index (χ2v) is 4.25. The molecule has 0 amide bonds. The van der Waals surface area contributed by atoms with Crippen molar-refractivity contribution in [1.82, 2.24) is 0 Å². The molecule has 0 fully saturated rings. The Hall–Kier alpha value is -1.76. The number of aliphatic carboxylic acids is 1. The Kier molecular flexibility index (Phi) is 5.82. The van der Waals surface area contributed by atoms with Crippen LogP contribution in [0.5, 0.6) is 0 Å². The lowest BCUT2D eigenvalue weighted by molar-refractivity contribution is -0.138. The molecule has 1 unspecified atom stereocenters. The summed E-state index contributed by atoms with van der Waals surface area (Å²) in [5.74, 6) is -1.05. The average molecular weight is 291 g/mol. The highest BCUT2D eigenvalue weighted by atomic mass is 19.4. The number of alkyl halides is 3. The zero-order valence-electron chi connectivity index (χ0n) is 10.9. The van der Waals surface area contributed by atoms with Gasteiger partial charge < -0.3 is 15.2 Å². The number of ether oxygens (including phenoxy) is 1. The van der Waals surface area contributed by atoms with Crippen molar-refractivity contribution in [2.24, 2.45) is 0 Å². The molecule has 0 radical (unpaired) electrons. The van der Waals surface area contributed by atoms with Crippen molar-refractivity contribution < 1.29 is 27.8 Å². The van der Waals surface area contributed by atoms with E-state index in [1.807, 2.05) is 0 Å². The minimum absolute atomic E-state index is 0.324. The first-order valence-corrected chi connectivity index (χ1v) is 6.00. The van der Waals surface area contributed by atoms with Gasteiger partial charge in [0.1, 0.15) is 6.04 Å². The highest BCUT2D eigenvalue weighted by Crippen LogP contribution is 2.29. The largest absolute Gasteiger partial charge is 0.480 e. The normalized spacial score (nSPS) is 13.0. The van der Waals surface area contributed by atoms with E-state index in [-0.39, 0.29) is 0 Å². The number of benzene rings is 1. The van der Waals surface area contributed by atoms with Crippen LogP contribution >= 0.6 is 0 Å². The maximum absolute atomic E-state index is 12.4. The number of methoxy groups -OCH3 is 1. The molecule has 0 aliphatic carbocycles. The number of hydrogen-bond donors (Lipinski definition) is 2. The molecule has 0 aromatic heterocycles. The van der Waals surface area contributed by atoms with Gasteiger partial charge in [-0.3, -0.25) is 0 Å². The molecular weight excluding hydrogens is 275 g/mol. The van der Waals surface area contributed by atoms with Crippen LogP contribution < -0.4 is 5.32 Å². The van der Waals surface area contributed by atoms with Crippen molar-refractivity contribution in [3.8, 4) is 0 Å². The summed E-state index contributed by atoms with van der Waals surface area (Å²) in [4.78, 5) is 11.0. The van der Waals surface area contributed by atoms with Gasteiger partial charge in [-0.1, -0.05) is 0 Å². The summed E-state index contributed by atoms with van der Waals surface area (Å²) >= 11 is 0. The molecule has 0 saturated heterocycles. The minimum atomic E-state index is -4.40. The van der Waals surface area contributed by atoms with Gasteiger partial charge in [0, 0.05) is 19.4 Å². The van der Waals surface area contributed by atoms with Crippen LogP contribution in [0.4, 0.5) is 18.9 Å². The predicted octanol–water partition coefficient (Wildman–Crippen LogP) is 3.00. The lowest BCUT2D eigenvalue weighted by Crippen LogP contribution is -2.29. The second-order valence-electron chi connectivity index (χ2n) is 4.25. The van der Waals surface area contributed by atoms with Gasteiger partial charge >= 0.3 is 12.1 Å². The SMILES string of the molecule is COCCCC(Nc1ccc(C(F)(F)F)cc1)C(=O)O. The van der Waals surface area contributed by atoms with E-state index >= 15 is 0 Å². The zero-order chi connectivity index (χ0) is 15.2. The van der Waals surface area contributed by atoms with Crippen LogP contribution in [0.2, 0.25) is 0 Å². The number of anilines is 1. The summed E-state index contributed by atoms with van der Waals surface area (Å²) in [5.41, 5.74) is -0.433. The molecule has 1 atom stereocenters. The van der Waals surface area contributed by atoms with Gasteiger partial charge in [0.25, 0.3) is 0 Å². The Morgan fingerprint density at radius 1 is 1.35 bits per heavy atom. The number of nitrogens with one attached hydrogen (secondary N) is 1. The van der Waals surface area contributed by atoms with Crippen LogP contribution in [0.1, 0.15) is 18.4 Å². The van der Waals surface area contributed by atoms with E-state index in [1.54, 1.807) is 0 Å². The van der Waals surface area contributed by atoms with Gasteiger partial charge in [-0.25, -0.2) is 4.79 Å². The minimum Gasteiger partial charge on any atom is -0.480 e. The van der Waals surface area contributed by atoms with Gasteiger partial charge in [-0.05, 0) is 37.1 Å². The van der Waals surface area contributed by atoms with Crippen molar-refractivity contribution in [3.05, 3.63) is 29.8 Å². The molecule has 7 heteroatoms. The number of hydrogen-bond acceptors (Lipinski definition) is 3. The Labute approximate surface area is 114 Å². The molecule has 0 spiro atoms. The number of carboxylic acids is 1. The number of carboxylic acid groups (broad SMARTS) is 1. The van der Waals surface area contributed by atoms with E-state index in [4.69, 9.17) is 9.84 Å². The summed E-state index contributed by atoms with van der Waals surface area (Å²) in [5, 5.41) is 11.7. The molecule has 2 N–H and O–H groups in total. The number of carbonyl (C=O) groups is 1. The van der Waals surface area contributed by atoms with E-state index in [2.05, 4.69) is 5.32 Å². The van der Waals surface area contributed by atoms with Gasteiger partial charge in [0.2, 0.25) is 0 Å². The van der Waals surface area contributed by atoms with Gasteiger partial charge in [0.15, 0.2) is 0 Å². The molecule has 0 aliphatic heterocycles. The van der Waals surface area contributed by atoms with Crippen LogP contribution in [0.25, 0.3) is 0 Å². The topological polar surface area (TPSA) is 58.6 Å². The Bertz CT molecular complexity index is 431. The van der Waals surface area contributed by atoms with Crippen LogP contribution in [-0.2, 0) is 15.7 Å². The van der Waals surface area contributed by atoms with Crippen molar-refractivity contribution in [1.29, 1.82) is 0 Å². The van der Waals surface area contributed by atoms with E-state index in [9.17, 15) is 18.0 Å². The maximum atomic E-state index is 12.4. The quantitative estimate of drug-likeness (QED) is 0.758. The molecule has 4 nitrogen and oxygen atoms in total. The van der Waals surface area contributed by atoms with Gasteiger partial charge in [-0.2, -0.15) is 13.2 Å². The molecule has 0 saturated carbocycles. The lowest BCUT2D eigenvalue weighted by Gasteiger charge is -2.16. The average Bonchev–Trinajstić information content (AvgIpc) is 2.37. The molecule has 0 heterocycles. The monoisotopic (exact) mass is 291 g/mol. The maximum Gasteiger partial charge on any atom is 0.416 e. The standard InChI is InChI=1S/C13H16F3NO3/c1-20-8-2-3-11(12(18)19)17-10-6-4-9(5-7-10)13(14,15)16/h4-7,11,17H,2-3,8H2,1H3,(H,18,19). The molecule has 20 heavy (non-hydrogen) atoms. The first-order valence-electron chi connectivity index (χ1n) is 6.00. The van der Waals surface area contributed by atoms with E-state index < -0.39 is 23.8 Å². The van der Waals surface area contributed by atoms with Crippen molar-refractivity contribution in [2.45, 2.75) is 25.1 Å². The second kappa shape index (κ2) is 7.14. The fourth-order valence-electron chi connectivity index (χ4n) is 1.65. The molecular formula is C13H16F3NO3. The fraction of sp³-hybridized carbons (Fsp3) is 0.462. The molecule has 112 valence electrons. The van der Waals surface area contributed by atoms with Crippen molar-refractivity contribution in [3.63, 3.8) is 0 Å². The summed E-state index contributed by atoms with van der Waals surface area (Å²) in [7, 11) is 1.51. The zero-order valence-corrected chi connectivity index (χ0v) is 10.9. The van der Waals surface area contributed by atoms with Gasteiger partial charge in [-0.15, -0.1) is 0 Å². The fourth-order valence-corrected chi connectivity index (χ4v) is 1.65. The van der Waals surface area contributed by atoms with E-state index in [0.29, 0.717) is 25.1 Å². The molecule has 1 rings (SSSR count). The van der Waals surface area contributed by atoms with Crippen molar-refractivity contribution in [2.75, 3.05) is 19.0 Å². The van der Waals surface area contributed by atoms with Crippen LogP contribution in [-0.4, -0.2) is 30.8 Å². The summed E-state index contributed by atoms with van der Waals surface area (Å²) in [6.07, 6.45) is -3.53. The summed E-state index contributed by atoms with van der Waals surface area (Å²) < 4.78 is 42.0. The first kappa shape index (κ1) is 16.3. The molecule has 0 bridgehead atoms. The molecule has 1 aromatic carbocycles. The predicted molar refractivity (Wildman–Crippen MR) is 67.6 cm³/mol. The number of halogens is 3. The highest BCUT2D eigenvalue weighted by molar-refractivity contribution is 5.77. The smallest absolute Gasteiger partial charge is 0.416 e. The highest BCUT2D eigenvalue weighted by Gasteiger charge is 2.30. The van der Waals surface area contributed by atoms with Crippen molar-refractivity contribution >= 4 is 11.7 Å². The Morgan fingerprint density at radius 3 is 2.40 bits per heavy atom. The summed E-state index contributed by atoms with van der Waals surface area (Å²) in [6, 6.07) is 3.40. The Morgan fingerprint density at radius 2 is 1.95 bits per heavy atom. The molecule has 1 aromatic rings.